The molecule has 136 valence electrons. The topological polar surface area (TPSA) is 84.9 Å². The lowest BCUT2D eigenvalue weighted by atomic mass is 9.58. The van der Waals surface area contributed by atoms with Crippen LogP contribution in [0.15, 0.2) is 18.2 Å². The van der Waals surface area contributed by atoms with Gasteiger partial charge in [0.1, 0.15) is 0 Å². The summed E-state index contributed by atoms with van der Waals surface area (Å²) in [4.78, 5) is 24.4. The summed E-state index contributed by atoms with van der Waals surface area (Å²) < 4.78 is 10.5. The zero-order valence-electron chi connectivity index (χ0n) is 14.7. The molecule has 1 aromatic rings. The highest BCUT2D eigenvalue weighted by Crippen LogP contribution is 2.49. The maximum absolute atomic E-state index is 12.7. The van der Waals surface area contributed by atoms with Crippen LogP contribution in [0.4, 0.5) is 0 Å². The van der Waals surface area contributed by atoms with Gasteiger partial charge in [-0.2, -0.15) is 0 Å². The molecule has 0 saturated heterocycles. The van der Waals surface area contributed by atoms with Crippen LogP contribution in [0.25, 0.3) is 0 Å². The number of methoxy groups -OCH3 is 2. The Morgan fingerprint density at radius 1 is 1.04 bits per heavy atom. The van der Waals surface area contributed by atoms with Crippen LogP contribution in [0.5, 0.6) is 11.5 Å². The Labute approximate surface area is 147 Å². The predicted molar refractivity (Wildman–Crippen MR) is 91.5 cm³/mol. The third kappa shape index (κ3) is 3.43. The lowest BCUT2D eigenvalue weighted by Crippen LogP contribution is -2.50. The van der Waals surface area contributed by atoms with Crippen LogP contribution in [0, 0.1) is 23.7 Å². The fraction of sp³-hybridized carbons (Fsp3) is 0.579. The van der Waals surface area contributed by atoms with Crippen molar-refractivity contribution in [2.45, 2.75) is 32.2 Å². The number of aliphatic carboxylic acids is 1. The van der Waals surface area contributed by atoms with Gasteiger partial charge >= 0.3 is 5.97 Å². The molecule has 0 heterocycles. The molecule has 6 heteroatoms. The van der Waals surface area contributed by atoms with E-state index < -0.39 is 17.8 Å². The van der Waals surface area contributed by atoms with Crippen LogP contribution in [-0.4, -0.2) is 31.2 Å². The van der Waals surface area contributed by atoms with Crippen molar-refractivity contribution in [3.8, 4) is 11.5 Å². The lowest BCUT2D eigenvalue weighted by Gasteiger charge is -2.45. The Hall–Kier alpha value is -2.24. The van der Waals surface area contributed by atoms with E-state index >= 15 is 0 Å². The number of ether oxygens (including phenoxy) is 2. The molecule has 2 atom stereocenters. The summed E-state index contributed by atoms with van der Waals surface area (Å²) in [5.74, 6) is -0.362. The van der Waals surface area contributed by atoms with Crippen molar-refractivity contribution in [3.63, 3.8) is 0 Å². The third-order valence-electron chi connectivity index (χ3n) is 5.72. The molecule has 4 rings (SSSR count). The highest BCUT2D eigenvalue weighted by atomic mass is 16.5. The standard InChI is InChI=1S/C19H25NO5/c1-24-14-8-3-11(9-15(14)25-2)10-20-18(21)16-12-4-6-13(7-5-12)17(16)19(22)23/h3,8-9,12-13,16-17H,4-7,10H2,1-2H3,(H,20,21)(H,22,23)/t12?,13?,16-,17-/m1/s1. The number of fused-ring (bicyclic) bond motifs is 3. The van der Waals surface area contributed by atoms with E-state index in [1.54, 1.807) is 20.3 Å². The van der Waals surface area contributed by atoms with Crippen LogP contribution < -0.4 is 14.8 Å². The Morgan fingerprint density at radius 3 is 2.20 bits per heavy atom. The van der Waals surface area contributed by atoms with E-state index in [0.717, 1.165) is 31.2 Å². The first-order chi connectivity index (χ1) is 12.0. The average molecular weight is 347 g/mol. The summed E-state index contributed by atoms with van der Waals surface area (Å²) in [7, 11) is 3.14. The summed E-state index contributed by atoms with van der Waals surface area (Å²) in [6.07, 6.45) is 3.79. The molecular weight excluding hydrogens is 322 g/mol. The molecule has 3 fully saturated rings. The second kappa shape index (κ2) is 7.33. The largest absolute Gasteiger partial charge is 0.493 e. The van der Waals surface area contributed by atoms with Gasteiger partial charge in [0, 0.05) is 6.54 Å². The number of hydrogen-bond donors (Lipinski definition) is 2. The van der Waals surface area contributed by atoms with Crippen molar-refractivity contribution in [2.24, 2.45) is 23.7 Å². The first kappa shape index (κ1) is 17.6. The number of nitrogens with one attached hydrogen (secondary N) is 1. The SMILES string of the molecule is COc1ccc(CNC(=O)[C@@H]2C3CCC(CC3)[C@H]2C(=O)O)cc1OC. The second-order valence-electron chi connectivity index (χ2n) is 6.97. The average Bonchev–Trinajstić information content (AvgIpc) is 2.65. The van der Waals surface area contributed by atoms with Gasteiger partial charge in [0.15, 0.2) is 11.5 Å². The lowest BCUT2D eigenvalue weighted by molar-refractivity contribution is -0.158. The minimum absolute atomic E-state index is 0.138. The Morgan fingerprint density at radius 2 is 1.64 bits per heavy atom. The molecule has 1 amide bonds. The van der Waals surface area contributed by atoms with Crippen LogP contribution >= 0.6 is 0 Å². The summed E-state index contributed by atoms with van der Waals surface area (Å²) in [5, 5.41) is 12.5. The van der Waals surface area contributed by atoms with Gasteiger partial charge in [0.2, 0.25) is 5.91 Å². The van der Waals surface area contributed by atoms with Crippen molar-refractivity contribution >= 4 is 11.9 Å². The number of rotatable bonds is 6. The van der Waals surface area contributed by atoms with Gasteiger partial charge in [-0.1, -0.05) is 6.07 Å². The van der Waals surface area contributed by atoms with Crippen LogP contribution in [0.2, 0.25) is 0 Å². The molecule has 2 bridgehead atoms. The normalized spacial score (nSPS) is 27.6. The molecule has 3 aliphatic rings. The van der Waals surface area contributed by atoms with Crippen LogP contribution in [0.3, 0.4) is 0 Å². The van der Waals surface area contributed by atoms with Gasteiger partial charge in [-0.15, -0.1) is 0 Å². The summed E-state index contributed by atoms with van der Waals surface area (Å²) in [6.45, 7) is 0.347. The molecule has 0 aliphatic heterocycles. The van der Waals surface area contributed by atoms with Gasteiger partial charge in [-0.25, -0.2) is 0 Å². The predicted octanol–water partition coefficient (Wildman–Crippen LogP) is 2.46. The smallest absolute Gasteiger partial charge is 0.307 e. The summed E-state index contributed by atoms with van der Waals surface area (Å²) >= 11 is 0. The van der Waals surface area contributed by atoms with Gasteiger partial charge in [0.05, 0.1) is 26.1 Å². The first-order valence-corrected chi connectivity index (χ1v) is 8.76. The van der Waals surface area contributed by atoms with Gasteiger partial charge in [-0.05, 0) is 55.2 Å². The third-order valence-corrected chi connectivity index (χ3v) is 5.72. The maximum Gasteiger partial charge on any atom is 0.307 e. The number of carboxylic acid groups (broad SMARTS) is 1. The Kier molecular flexibility index (Phi) is 5.16. The number of hydrogen-bond acceptors (Lipinski definition) is 4. The highest BCUT2D eigenvalue weighted by molar-refractivity contribution is 5.85. The fourth-order valence-electron chi connectivity index (χ4n) is 4.48. The minimum atomic E-state index is -0.833. The molecule has 2 N–H and O–H groups in total. The van der Waals surface area contributed by atoms with E-state index in [4.69, 9.17) is 9.47 Å². The molecule has 0 aromatic heterocycles. The number of carbonyl (C=O) groups is 2. The molecule has 0 spiro atoms. The molecule has 0 radical (unpaired) electrons. The van der Waals surface area contributed by atoms with Crippen molar-refractivity contribution in [2.75, 3.05) is 14.2 Å². The van der Waals surface area contributed by atoms with Gasteiger partial charge < -0.3 is 19.9 Å². The summed E-state index contributed by atoms with van der Waals surface area (Å²) in [6, 6.07) is 5.48. The second-order valence-corrected chi connectivity index (χ2v) is 6.97. The van der Waals surface area contributed by atoms with E-state index in [0.29, 0.717) is 18.0 Å². The van der Waals surface area contributed by atoms with E-state index in [1.165, 1.54) is 0 Å². The van der Waals surface area contributed by atoms with E-state index in [9.17, 15) is 14.7 Å². The minimum Gasteiger partial charge on any atom is -0.493 e. The zero-order chi connectivity index (χ0) is 18.0. The molecule has 1 aromatic carbocycles. The van der Waals surface area contributed by atoms with Crippen molar-refractivity contribution < 1.29 is 24.2 Å². The van der Waals surface area contributed by atoms with Crippen molar-refractivity contribution in [3.05, 3.63) is 23.8 Å². The molecule has 3 aliphatic carbocycles. The maximum atomic E-state index is 12.7. The summed E-state index contributed by atoms with van der Waals surface area (Å²) in [5.41, 5.74) is 0.888. The van der Waals surface area contributed by atoms with E-state index in [-0.39, 0.29) is 17.7 Å². The Bertz CT molecular complexity index is 651. The number of benzene rings is 1. The van der Waals surface area contributed by atoms with Gasteiger partial charge in [0.25, 0.3) is 0 Å². The van der Waals surface area contributed by atoms with Gasteiger partial charge in [-0.3, -0.25) is 9.59 Å². The molecular formula is C19H25NO5. The van der Waals surface area contributed by atoms with Crippen LogP contribution in [-0.2, 0) is 16.1 Å². The van der Waals surface area contributed by atoms with Crippen LogP contribution in [0.1, 0.15) is 31.2 Å². The molecule has 0 unspecified atom stereocenters. The monoisotopic (exact) mass is 347 g/mol. The highest BCUT2D eigenvalue weighted by Gasteiger charge is 2.50. The van der Waals surface area contributed by atoms with Crippen molar-refractivity contribution in [1.29, 1.82) is 0 Å². The van der Waals surface area contributed by atoms with E-state index in [1.807, 2.05) is 12.1 Å². The molecule has 25 heavy (non-hydrogen) atoms. The Balaban J connectivity index is 1.68. The molecule has 6 nitrogen and oxygen atoms in total. The first-order valence-electron chi connectivity index (χ1n) is 8.76. The fourth-order valence-corrected chi connectivity index (χ4v) is 4.48. The quantitative estimate of drug-likeness (QED) is 0.826. The zero-order valence-corrected chi connectivity index (χ0v) is 14.7. The number of carboxylic acids is 1. The number of amides is 1. The van der Waals surface area contributed by atoms with Crippen molar-refractivity contribution in [1.82, 2.24) is 5.32 Å². The number of carbonyl (C=O) groups excluding carboxylic acids is 1. The van der Waals surface area contributed by atoms with E-state index in [2.05, 4.69) is 5.32 Å². The molecule has 3 saturated carbocycles.